The van der Waals surface area contributed by atoms with Gasteiger partial charge in [0.2, 0.25) is 0 Å². The van der Waals surface area contributed by atoms with Gasteiger partial charge in [-0.2, -0.15) is 0 Å². The van der Waals surface area contributed by atoms with Crippen molar-refractivity contribution in [2.24, 2.45) is 5.92 Å². The molecular weight excluding hydrogens is 294 g/mol. The average molecular weight is 324 g/mol. The van der Waals surface area contributed by atoms with Crippen LogP contribution in [0, 0.1) is 5.92 Å². The molecule has 4 heteroatoms. The summed E-state index contributed by atoms with van der Waals surface area (Å²) in [6.45, 7) is 8.96. The molecule has 1 aliphatic heterocycles. The summed E-state index contributed by atoms with van der Waals surface area (Å²) in [5.41, 5.74) is 2.45. The number of hydrogen-bond donors (Lipinski definition) is 1. The summed E-state index contributed by atoms with van der Waals surface area (Å²) in [5, 5.41) is 4.34. The van der Waals surface area contributed by atoms with E-state index in [0.29, 0.717) is 6.04 Å². The average Bonchev–Trinajstić information content (AvgIpc) is 2.49. The smallest absolute Gasteiger partial charge is 0.0474 e. The first-order valence-electron chi connectivity index (χ1n) is 8.40. The molecular formula is C18H30ClN3. The number of anilines is 1. The van der Waals surface area contributed by atoms with Crippen molar-refractivity contribution >= 4 is 17.3 Å². The first-order chi connectivity index (χ1) is 10.5. The first kappa shape index (κ1) is 17.6. The minimum atomic E-state index is 0.438. The molecule has 0 radical (unpaired) electrons. The molecule has 0 aromatic heterocycles. The highest BCUT2D eigenvalue weighted by Gasteiger charge is 2.24. The molecule has 1 saturated heterocycles. The van der Waals surface area contributed by atoms with E-state index in [9.17, 15) is 0 Å². The summed E-state index contributed by atoms with van der Waals surface area (Å²) < 4.78 is 0. The van der Waals surface area contributed by atoms with E-state index in [-0.39, 0.29) is 0 Å². The van der Waals surface area contributed by atoms with Gasteiger partial charge >= 0.3 is 0 Å². The van der Waals surface area contributed by atoms with E-state index in [4.69, 9.17) is 11.6 Å². The lowest BCUT2D eigenvalue weighted by molar-refractivity contribution is 0.160. The van der Waals surface area contributed by atoms with Gasteiger partial charge in [0.15, 0.2) is 0 Å². The van der Waals surface area contributed by atoms with Gasteiger partial charge in [-0.15, -0.1) is 0 Å². The summed E-state index contributed by atoms with van der Waals surface area (Å²) in [6, 6.07) is 6.95. The van der Waals surface area contributed by atoms with Crippen molar-refractivity contribution in [1.29, 1.82) is 0 Å². The van der Waals surface area contributed by atoms with Crippen LogP contribution in [-0.2, 0) is 0 Å². The molecule has 124 valence electrons. The number of benzene rings is 1. The van der Waals surface area contributed by atoms with Crippen molar-refractivity contribution in [3.05, 3.63) is 28.8 Å². The normalized spacial score (nSPS) is 17.7. The number of nitrogens with zero attached hydrogens (tertiary/aromatic N) is 2. The second-order valence-electron chi connectivity index (χ2n) is 6.87. The van der Waals surface area contributed by atoms with Gasteiger partial charge < -0.3 is 10.2 Å². The molecule has 2 rings (SSSR count). The van der Waals surface area contributed by atoms with E-state index in [1.165, 1.54) is 18.4 Å². The van der Waals surface area contributed by atoms with E-state index in [0.717, 1.165) is 42.8 Å². The second-order valence-corrected chi connectivity index (χ2v) is 7.28. The van der Waals surface area contributed by atoms with Gasteiger partial charge in [-0.05, 0) is 36.5 Å². The Hall–Kier alpha value is -0.770. The minimum Gasteiger partial charge on any atom is -0.378 e. The van der Waals surface area contributed by atoms with Crippen molar-refractivity contribution in [3.63, 3.8) is 0 Å². The van der Waals surface area contributed by atoms with Crippen LogP contribution in [0.25, 0.3) is 0 Å². The highest BCUT2D eigenvalue weighted by molar-refractivity contribution is 6.31. The molecule has 0 spiro atoms. The summed E-state index contributed by atoms with van der Waals surface area (Å²) in [7, 11) is 4.11. The largest absolute Gasteiger partial charge is 0.378 e. The summed E-state index contributed by atoms with van der Waals surface area (Å²) in [4.78, 5) is 4.69. The Morgan fingerprint density at radius 2 is 1.86 bits per heavy atom. The van der Waals surface area contributed by atoms with Crippen LogP contribution in [0.1, 0.15) is 38.3 Å². The Morgan fingerprint density at radius 1 is 1.18 bits per heavy atom. The van der Waals surface area contributed by atoms with Crippen LogP contribution in [-0.4, -0.2) is 45.2 Å². The molecule has 1 heterocycles. The van der Waals surface area contributed by atoms with Gasteiger partial charge in [0.05, 0.1) is 0 Å². The molecule has 1 N–H and O–H groups in total. The molecule has 1 atom stereocenters. The molecule has 1 fully saturated rings. The van der Waals surface area contributed by atoms with E-state index < -0.39 is 0 Å². The molecule has 1 aliphatic rings. The maximum atomic E-state index is 6.63. The minimum absolute atomic E-state index is 0.438. The van der Waals surface area contributed by atoms with Gasteiger partial charge in [-0.3, -0.25) is 4.90 Å². The third-order valence-corrected chi connectivity index (χ3v) is 4.80. The fraction of sp³-hybridized carbons (Fsp3) is 0.667. The maximum absolute atomic E-state index is 6.63. The van der Waals surface area contributed by atoms with Crippen LogP contribution < -0.4 is 10.2 Å². The Kier molecular flexibility index (Phi) is 6.54. The molecule has 22 heavy (non-hydrogen) atoms. The van der Waals surface area contributed by atoms with Gasteiger partial charge in [0.1, 0.15) is 0 Å². The Bertz CT molecular complexity index is 467. The van der Waals surface area contributed by atoms with Crippen LogP contribution in [0.4, 0.5) is 5.69 Å². The van der Waals surface area contributed by atoms with Crippen LogP contribution in [0.15, 0.2) is 18.2 Å². The molecule has 1 aromatic carbocycles. The van der Waals surface area contributed by atoms with E-state index >= 15 is 0 Å². The third-order valence-electron chi connectivity index (χ3n) is 4.47. The Morgan fingerprint density at radius 3 is 2.41 bits per heavy atom. The lowest BCUT2D eigenvalue weighted by atomic mass is 9.95. The van der Waals surface area contributed by atoms with Gasteiger partial charge in [-0.1, -0.05) is 31.5 Å². The zero-order valence-electron chi connectivity index (χ0n) is 14.4. The van der Waals surface area contributed by atoms with Crippen LogP contribution in [0.3, 0.4) is 0 Å². The number of hydrogen-bond acceptors (Lipinski definition) is 3. The second kappa shape index (κ2) is 8.19. The summed E-state index contributed by atoms with van der Waals surface area (Å²) >= 11 is 6.63. The standard InChI is InChI=1S/C18H30ClN3/c1-14(2)5-8-18(22-11-9-20-10-12-22)16-7-6-15(21(3)4)13-17(16)19/h6-7,13-14,18,20H,5,8-12H2,1-4H3/t18-/m1/s1. The van der Waals surface area contributed by atoms with Gasteiger partial charge in [-0.25, -0.2) is 0 Å². The van der Waals surface area contributed by atoms with E-state index in [1.54, 1.807) is 0 Å². The van der Waals surface area contributed by atoms with Crippen molar-refractivity contribution in [3.8, 4) is 0 Å². The predicted molar refractivity (Wildman–Crippen MR) is 97.0 cm³/mol. The third kappa shape index (κ3) is 4.61. The van der Waals surface area contributed by atoms with Crippen LogP contribution in [0.5, 0.6) is 0 Å². The zero-order valence-corrected chi connectivity index (χ0v) is 15.2. The first-order valence-corrected chi connectivity index (χ1v) is 8.78. The van der Waals surface area contributed by atoms with E-state index in [2.05, 4.69) is 61.3 Å². The van der Waals surface area contributed by atoms with Crippen molar-refractivity contribution in [2.45, 2.75) is 32.7 Å². The lowest BCUT2D eigenvalue weighted by Gasteiger charge is -2.36. The molecule has 1 aromatic rings. The lowest BCUT2D eigenvalue weighted by Crippen LogP contribution is -2.45. The Balaban J connectivity index is 2.22. The van der Waals surface area contributed by atoms with E-state index in [1.807, 2.05) is 0 Å². The van der Waals surface area contributed by atoms with Crippen molar-refractivity contribution in [1.82, 2.24) is 10.2 Å². The van der Waals surface area contributed by atoms with Gasteiger partial charge in [0, 0.05) is 57.0 Å². The number of piperazine rings is 1. The molecule has 3 nitrogen and oxygen atoms in total. The van der Waals surface area contributed by atoms with Gasteiger partial charge in [0.25, 0.3) is 0 Å². The summed E-state index contributed by atoms with van der Waals surface area (Å²) in [6.07, 6.45) is 2.42. The van der Waals surface area contributed by atoms with Crippen LogP contribution in [0.2, 0.25) is 5.02 Å². The van der Waals surface area contributed by atoms with Crippen molar-refractivity contribution in [2.75, 3.05) is 45.2 Å². The van der Waals surface area contributed by atoms with Crippen molar-refractivity contribution < 1.29 is 0 Å². The Labute approximate surface area is 140 Å². The molecule has 0 bridgehead atoms. The topological polar surface area (TPSA) is 18.5 Å². The highest BCUT2D eigenvalue weighted by Crippen LogP contribution is 2.34. The number of halogens is 1. The molecule has 0 aliphatic carbocycles. The fourth-order valence-electron chi connectivity index (χ4n) is 3.08. The summed E-state index contributed by atoms with van der Waals surface area (Å²) in [5.74, 6) is 0.727. The molecule has 0 amide bonds. The monoisotopic (exact) mass is 323 g/mol. The number of rotatable bonds is 6. The number of nitrogens with one attached hydrogen (secondary N) is 1. The predicted octanol–water partition coefficient (Wildman–Crippen LogP) is 3.79. The highest BCUT2D eigenvalue weighted by atomic mass is 35.5. The quantitative estimate of drug-likeness (QED) is 0.859. The fourth-order valence-corrected chi connectivity index (χ4v) is 3.38. The SMILES string of the molecule is CC(C)CC[C@H](c1ccc(N(C)C)cc1Cl)N1CCNCC1. The maximum Gasteiger partial charge on any atom is 0.0474 e. The van der Waals surface area contributed by atoms with Crippen LogP contribution >= 0.6 is 11.6 Å². The zero-order chi connectivity index (χ0) is 16.1. The molecule has 0 unspecified atom stereocenters. The molecule has 0 saturated carbocycles.